The highest BCUT2D eigenvalue weighted by atomic mass is 16.1. The predicted molar refractivity (Wildman–Crippen MR) is 81.3 cm³/mol. The van der Waals surface area contributed by atoms with Gasteiger partial charge in [0.25, 0.3) is 0 Å². The fourth-order valence-corrected chi connectivity index (χ4v) is 3.04. The third-order valence-corrected chi connectivity index (χ3v) is 4.61. The van der Waals surface area contributed by atoms with Gasteiger partial charge >= 0.3 is 0 Å². The third-order valence-electron chi connectivity index (χ3n) is 4.61. The second kappa shape index (κ2) is 6.51. The Bertz CT molecular complexity index is 443. The van der Waals surface area contributed by atoms with Crippen molar-refractivity contribution in [3.8, 4) is 0 Å². The van der Waals surface area contributed by atoms with Gasteiger partial charge in [-0.3, -0.25) is 9.69 Å². The number of nitrogens with one attached hydrogen (secondary N) is 1. The van der Waals surface area contributed by atoms with Crippen LogP contribution in [-0.4, -0.2) is 43.4 Å². The van der Waals surface area contributed by atoms with Crippen molar-refractivity contribution in [2.45, 2.75) is 31.6 Å². The molecule has 108 valence electrons. The largest absolute Gasteiger partial charge is 0.315 e. The summed E-state index contributed by atoms with van der Waals surface area (Å²) in [5, 5.41) is 3.37. The van der Waals surface area contributed by atoms with Crippen LogP contribution in [0.4, 0.5) is 0 Å². The van der Waals surface area contributed by atoms with Crippen molar-refractivity contribution in [1.82, 2.24) is 10.2 Å². The zero-order valence-corrected chi connectivity index (χ0v) is 12.1. The van der Waals surface area contributed by atoms with E-state index in [0.717, 1.165) is 44.1 Å². The average molecular weight is 272 g/mol. The zero-order valence-electron chi connectivity index (χ0n) is 12.1. The number of hydrogen-bond acceptors (Lipinski definition) is 3. The first-order valence-electron chi connectivity index (χ1n) is 7.89. The smallest absolute Gasteiger partial charge is 0.176 e. The normalized spacial score (nSPS) is 21.2. The van der Waals surface area contributed by atoms with Crippen LogP contribution in [0.2, 0.25) is 0 Å². The summed E-state index contributed by atoms with van der Waals surface area (Å²) >= 11 is 0. The topological polar surface area (TPSA) is 32.3 Å². The molecule has 3 heteroatoms. The van der Waals surface area contributed by atoms with Gasteiger partial charge in [-0.2, -0.15) is 0 Å². The van der Waals surface area contributed by atoms with Crippen molar-refractivity contribution in [2.75, 3.05) is 32.7 Å². The van der Waals surface area contributed by atoms with E-state index in [4.69, 9.17) is 0 Å². The van der Waals surface area contributed by atoms with Crippen LogP contribution in [0.1, 0.15) is 47.5 Å². The van der Waals surface area contributed by atoms with Gasteiger partial charge < -0.3 is 5.32 Å². The first-order valence-corrected chi connectivity index (χ1v) is 7.89. The number of carbonyl (C=O) groups is 1. The van der Waals surface area contributed by atoms with Crippen molar-refractivity contribution in [3.63, 3.8) is 0 Å². The molecule has 0 aromatic heterocycles. The third kappa shape index (κ3) is 3.28. The summed E-state index contributed by atoms with van der Waals surface area (Å²) in [7, 11) is 0. The number of ketones is 1. The number of benzene rings is 1. The summed E-state index contributed by atoms with van der Waals surface area (Å²) < 4.78 is 0. The van der Waals surface area contributed by atoms with Crippen LogP contribution in [0.25, 0.3) is 0 Å². The van der Waals surface area contributed by atoms with Gasteiger partial charge in [0.05, 0.1) is 6.54 Å². The van der Waals surface area contributed by atoms with Crippen molar-refractivity contribution >= 4 is 5.78 Å². The Balaban J connectivity index is 1.58. The fourth-order valence-electron chi connectivity index (χ4n) is 3.04. The monoisotopic (exact) mass is 272 g/mol. The van der Waals surface area contributed by atoms with E-state index in [1.807, 2.05) is 12.1 Å². The summed E-state index contributed by atoms with van der Waals surface area (Å²) in [6, 6.07) is 8.35. The Kier molecular flexibility index (Phi) is 4.48. The van der Waals surface area contributed by atoms with E-state index in [0.29, 0.717) is 6.54 Å². The molecule has 1 aromatic rings. The van der Waals surface area contributed by atoms with Crippen LogP contribution in [0.5, 0.6) is 0 Å². The summed E-state index contributed by atoms with van der Waals surface area (Å²) in [5.41, 5.74) is 2.28. The second-order valence-corrected chi connectivity index (χ2v) is 6.05. The lowest BCUT2D eigenvalue weighted by Crippen LogP contribution is -2.33. The minimum Gasteiger partial charge on any atom is -0.315 e. The van der Waals surface area contributed by atoms with Crippen LogP contribution >= 0.6 is 0 Å². The lowest BCUT2D eigenvalue weighted by molar-refractivity contribution is 0.0935. The van der Waals surface area contributed by atoms with E-state index in [1.165, 1.54) is 24.8 Å². The van der Waals surface area contributed by atoms with E-state index < -0.39 is 0 Å². The Morgan fingerprint density at radius 3 is 2.60 bits per heavy atom. The highest BCUT2D eigenvalue weighted by molar-refractivity contribution is 5.97. The van der Waals surface area contributed by atoms with E-state index in [-0.39, 0.29) is 5.78 Å². The van der Waals surface area contributed by atoms with Gasteiger partial charge in [-0.25, -0.2) is 0 Å². The maximum atomic E-state index is 12.3. The number of Topliss-reactive ketones (excluding diaryl/α,β-unsaturated/α-hetero) is 1. The Morgan fingerprint density at radius 2 is 1.90 bits per heavy atom. The van der Waals surface area contributed by atoms with Crippen molar-refractivity contribution in [1.29, 1.82) is 0 Å². The molecule has 0 unspecified atom stereocenters. The molecule has 1 aromatic carbocycles. The van der Waals surface area contributed by atoms with Crippen LogP contribution in [0.15, 0.2) is 24.3 Å². The Labute approximate surface area is 121 Å². The van der Waals surface area contributed by atoms with Crippen molar-refractivity contribution < 1.29 is 4.79 Å². The van der Waals surface area contributed by atoms with E-state index in [2.05, 4.69) is 22.3 Å². The summed E-state index contributed by atoms with van der Waals surface area (Å²) in [5.74, 6) is 1.00. The number of carbonyl (C=O) groups excluding carboxylic acids is 1. The van der Waals surface area contributed by atoms with Gasteiger partial charge in [-0.1, -0.05) is 30.7 Å². The molecule has 0 amide bonds. The molecule has 3 rings (SSSR count). The quantitative estimate of drug-likeness (QED) is 0.854. The number of rotatable bonds is 4. The van der Waals surface area contributed by atoms with Crippen LogP contribution in [0.3, 0.4) is 0 Å². The summed E-state index contributed by atoms with van der Waals surface area (Å²) in [6.07, 6.45) is 5.12. The minimum atomic E-state index is 0.257. The zero-order chi connectivity index (χ0) is 13.8. The molecule has 0 radical (unpaired) electrons. The SMILES string of the molecule is O=C(CN1CCCNCC1)c1ccc(C2CCC2)cc1. The molecule has 1 aliphatic carbocycles. The van der Waals surface area contributed by atoms with E-state index in [9.17, 15) is 4.79 Å². The van der Waals surface area contributed by atoms with Gasteiger partial charge in [0.15, 0.2) is 5.78 Å². The van der Waals surface area contributed by atoms with Crippen LogP contribution < -0.4 is 5.32 Å². The lowest BCUT2D eigenvalue weighted by Gasteiger charge is -2.25. The molecule has 20 heavy (non-hydrogen) atoms. The predicted octanol–water partition coefficient (Wildman–Crippen LogP) is 2.43. The molecule has 2 fully saturated rings. The highest BCUT2D eigenvalue weighted by Gasteiger charge is 2.20. The molecule has 2 aliphatic rings. The van der Waals surface area contributed by atoms with E-state index >= 15 is 0 Å². The van der Waals surface area contributed by atoms with Gasteiger partial charge in [0.2, 0.25) is 0 Å². The Hall–Kier alpha value is -1.19. The first-order chi connectivity index (χ1) is 9.83. The second-order valence-electron chi connectivity index (χ2n) is 6.05. The molecular weight excluding hydrogens is 248 g/mol. The number of nitrogens with zero attached hydrogens (tertiary/aromatic N) is 1. The molecule has 1 aliphatic heterocycles. The molecule has 0 spiro atoms. The van der Waals surface area contributed by atoms with Gasteiger partial charge in [0, 0.05) is 18.7 Å². The van der Waals surface area contributed by atoms with Crippen molar-refractivity contribution in [2.24, 2.45) is 0 Å². The van der Waals surface area contributed by atoms with Gasteiger partial charge in [0.1, 0.15) is 0 Å². The molecule has 1 saturated carbocycles. The van der Waals surface area contributed by atoms with Crippen LogP contribution in [0, 0.1) is 0 Å². The maximum absolute atomic E-state index is 12.3. The molecular formula is C17H24N2O. The molecule has 1 N–H and O–H groups in total. The summed E-state index contributed by atoms with van der Waals surface area (Å²) in [4.78, 5) is 14.6. The van der Waals surface area contributed by atoms with Gasteiger partial charge in [-0.05, 0) is 43.8 Å². The van der Waals surface area contributed by atoms with E-state index in [1.54, 1.807) is 0 Å². The molecule has 3 nitrogen and oxygen atoms in total. The highest BCUT2D eigenvalue weighted by Crippen LogP contribution is 2.36. The van der Waals surface area contributed by atoms with Gasteiger partial charge in [-0.15, -0.1) is 0 Å². The van der Waals surface area contributed by atoms with Crippen LogP contribution in [-0.2, 0) is 0 Å². The maximum Gasteiger partial charge on any atom is 0.176 e. The fraction of sp³-hybridized carbons (Fsp3) is 0.588. The molecule has 0 bridgehead atoms. The number of hydrogen-bond donors (Lipinski definition) is 1. The van der Waals surface area contributed by atoms with Crippen molar-refractivity contribution in [3.05, 3.63) is 35.4 Å². The standard InChI is InChI=1S/C17H24N2O/c20-17(13-19-11-2-9-18-10-12-19)16-7-5-15(6-8-16)14-3-1-4-14/h5-8,14,18H,1-4,9-13H2. The first kappa shape index (κ1) is 13.8. The molecule has 1 heterocycles. The lowest BCUT2D eigenvalue weighted by atomic mass is 9.80. The average Bonchev–Trinajstić information content (AvgIpc) is 2.66. The minimum absolute atomic E-state index is 0.257. The Morgan fingerprint density at radius 1 is 1.10 bits per heavy atom. The molecule has 1 saturated heterocycles. The molecule has 0 atom stereocenters. The summed E-state index contributed by atoms with van der Waals surface area (Å²) in [6.45, 7) is 4.63.